The third-order valence-electron chi connectivity index (χ3n) is 2.62. The first-order chi connectivity index (χ1) is 6.42. The summed E-state index contributed by atoms with van der Waals surface area (Å²) in [4.78, 5) is 0. The molecule has 0 saturated carbocycles. The van der Waals surface area contributed by atoms with E-state index in [0.717, 1.165) is 19.4 Å². The van der Waals surface area contributed by atoms with Crippen LogP contribution in [0.5, 0.6) is 0 Å². The first-order valence-electron chi connectivity index (χ1n) is 4.84. The van der Waals surface area contributed by atoms with E-state index in [1.165, 1.54) is 11.1 Å². The third-order valence-corrected chi connectivity index (χ3v) is 2.62. The van der Waals surface area contributed by atoms with Gasteiger partial charge in [-0.05, 0) is 30.5 Å². The number of benzene rings is 1. The topological polar surface area (TPSA) is 12.0 Å². The predicted octanol–water partition coefficient (Wildman–Crippen LogP) is 2.45. The van der Waals surface area contributed by atoms with Crippen LogP contribution in [-0.2, 0) is 6.42 Å². The van der Waals surface area contributed by atoms with Gasteiger partial charge in [0.15, 0.2) is 0 Å². The number of hydrogen-bond donors (Lipinski definition) is 1. The van der Waals surface area contributed by atoms with Crippen LogP contribution >= 0.6 is 0 Å². The Morgan fingerprint density at radius 1 is 1.46 bits per heavy atom. The lowest BCUT2D eigenvalue weighted by Crippen LogP contribution is -2.29. The Kier molecular flexibility index (Phi) is 2.46. The molecule has 68 valence electrons. The van der Waals surface area contributed by atoms with Crippen LogP contribution in [0.25, 0.3) is 0 Å². The van der Waals surface area contributed by atoms with Crippen LogP contribution in [0.15, 0.2) is 36.9 Å². The van der Waals surface area contributed by atoms with Gasteiger partial charge in [-0.25, -0.2) is 0 Å². The van der Waals surface area contributed by atoms with Crippen LogP contribution in [0.4, 0.5) is 0 Å². The zero-order chi connectivity index (χ0) is 9.10. The van der Waals surface area contributed by atoms with E-state index in [9.17, 15) is 0 Å². The van der Waals surface area contributed by atoms with Crippen molar-refractivity contribution in [1.82, 2.24) is 5.32 Å². The molecule has 0 fully saturated rings. The summed E-state index contributed by atoms with van der Waals surface area (Å²) in [6, 6.07) is 9.17. The zero-order valence-electron chi connectivity index (χ0n) is 7.79. The second kappa shape index (κ2) is 3.75. The van der Waals surface area contributed by atoms with E-state index >= 15 is 0 Å². The lowest BCUT2D eigenvalue weighted by molar-refractivity contribution is 0.510. The molecule has 1 nitrogen and oxygen atoms in total. The van der Waals surface area contributed by atoms with E-state index in [-0.39, 0.29) is 0 Å². The summed E-state index contributed by atoms with van der Waals surface area (Å²) in [7, 11) is 0. The van der Waals surface area contributed by atoms with Crippen LogP contribution in [-0.4, -0.2) is 6.54 Å². The molecule has 13 heavy (non-hydrogen) atoms. The number of hydrogen-bond acceptors (Lipinski definition) is 1. The van der Waals surface area contributed by atoms with Crippen LogP contribution in [0.1, 0.15) is 23.6 Å². The summed E-state index contributed by atoms with van der Waals surface area (Å²) in [6.07, 6.45) is 4.17. The molecule has 0 spiro atoms. The molecule has 0 aliphatic carbocycles. The molecule has 2 rings (SSSR count). The van der Waals surface area contributed by atoms with Gasteiger partial charge in [-0.1, -0.05) is 30.3 Å². The van der Waals surface area contributed by atoms with Gasteiger partial charge in [-0.3, -0.25) is 0 Å². The zero-order valence-corrected chi connectivity index (χ0v) is 7.79. The summed E-state index contributed by atoms with van der Waals surface area (Å²) in [6.45, 7) is 4.88. The summed E-state index contributed by atoms with van der Waals surface area (Å²) >= 11 is 0. The Morgan fingerprint density at radius 2 is 2.31 bits per heavy atom. The molecule has 1 N–H and O–H groups in total. The molecule has 1 heterocycles. The third kappa shape index (κ3) is 1.65. The number of rotatable bonds is 2. The smallest absolute Gasteiger partial charge is 0.0357 e. The molecule has 1 heteroatoms. The normalized spacial score (nSPS) is 20.8. The molecule has 1 aromatic carbocycles. The minimum absolute atomic E-state index is 0.488. The molecule has 0 aromatic heterocycles. The van der Waals surface area contributed by atoms with Crippen LogP contribution < -0.4 is 5.32 Å². The van der Waals surface area contributed by atoms with Crippen molar-refractivity contribution in [3.05, 3.63) is 48.0 Å². The summed E-state index contributed by atoms with van der Waals surface area (Å²) in [5.41, 5.74) is 2.95. The standard InChI is InChI=1S/C12H15N/c1-2-5-12-11-7-4-3-6-10(11)8-9-13-12/h2-4,6-7,12-13H,1,5,8-9H2/t12-/m0/s1. The van der Waals surface area contributed by atoms with E-state index < -0.39 is 0 Å². The second-order valence-corrected chi connectivity index (χ2v) is 3.48. The largest absolute Gasteiger partial charge is 0.309 e. The maximum Gasteiger partial charge on any atom is 0.0357 e. The Bertz CT molecular complexity index is 304. The fraction of sp³-hybridized carbons (Fsp3) is 0.333. The maximum atomic E-state index is 3.79. The molecular formula is C12H15N. The van der Waals surface area contributed by atoms with E-state index in [1.54, 1.807) is 0 Å². The van der Waals surface area contributed by atoms with Gasteiger partial charge in [0, 0.05) is 6.04 Å². The van der Waals surface area contributed by atoms with E-state index in [2.05, 4.69) is 36.2 Å². The molecular weight excluding hydrogens is 158 g/mol. The van der Waals surface area contributed by atoms with Crippen molar-refractivity contribution in [2.24, 2.45) is 0 Å². The highest BCUT2D eigenvalue weighted by atomic mass is 14.9. The fourth-order valence-corrected chi connectivity index (χ4v) is 1.97. The van der Waals surface area contributed by atoms with Gasteiger partial charge in [-0.2, -0.15) is 0 Å². The highest BCUT2D eigenvalue weighted by Gasteiger charge is 2.16. The van der Waals surface area contributed by atoms with Gasteiger partial charge in [0.2, 0.25) is 0 Å². The monoisotopic (exact) mass is 173 g/mol. The molecule has 0 saturated heterocycles. The summed E-state index contributed by atoms with van der Waals surface area (Å²) < 4.78 is 0. The molecule has 0 radical (unpaired) electrons. The number of nitrogens with one attached hydrogen (secondary N) is 1. The molecule has 0 amide bonds. The lowest BCUT2D eigenvalue weighted by Gasteiger charge is -2.25. The van der Waals surface area contributed by atoms with Crippen molar-refractivity contribution in [2.75, 3.05) is 6.54 Å². The van der Waals surface area contributed by atoms with Gasteiger partial charge in [0.25, 0.3) is 0 Å². The predicted molar refractivity (Wildman–Crippen MR) is 55.7 cm³/mol. The Labute approximate surface area is 79.5 Å². The molecule has 1 aromatic rings. The quantitative estimate of drug-likeness (QED) is 0.677. The van der Waals surface area contributed by atoms with Gasteiger partial charge < -0.3 is 5.32 Å². The van der Waals surface area contributed by atoms with Crippen molar-refractivity contribution < 1.29 is 0 Å². The molecule has 0 bridgehead atoms. The van der Waals surface area contributed by atoms with Crippen molar-refractivity contribution in [2.45, 2.75) is 18.9 Å². The lowest BCUT2D eigenvalue weighted by atomic mass is 9.93. The fourth-order valence-electron chi connectivity index (χ4n) is 1.97. The van der Waals surface area contributed by atoms with Gasteiger partial charge in [-0.15, -0.1) is 6.58 Å². The maximum absolute atomic E-state index is 3.79. The van der Waals surface area contributed by atoms with Crippen molar-refractivity contribution >= 4 is 0 Å². The highest BCUT2D eigenvalue weighted by molar-refractivity contribution is 5.32. The Hall–Kier alpha value is -1.08. The van der Waals surface area contributed by atoms with E-state index in [4.69, 9.17) is 0 Å². The van der Waals surface area contributed by atoms with Crippen molar-refractivity contribution in [1.29, 1.82) is 0 Å². The average Bonchev–Trinajstić information content (AvgIpc) is 2.19. The minimum atomic E-state index is 0.488. The first kappa shape index (κ1) is 8.52. The van der Waals surface area contributed by atoms with Crippen LogP contribution in [0, 0.1) is 0 Å². The number of fused-ring (bicyclic) bond motifs is 1. The molecule has 1 atom stereocenters. The van der Waals surface area contributed by atoms with Gasteiger partial charge in [0.05, 0.1) is 0 Å². The van der Waals surface area contributed by atoms with E-state index in [1.807, 2.05) is 6.08 Å². The van der Waals surface area contributed by atoms with Crippen LogP contribution in [0.2, 0.25) is 0 Å². The average molecular weight is 173 g/mol. The molecule has 1 aliphatic heterocycles. The summed E-state index contributed by atoms with van der Waals surface area (Å²) in [5, 5.41) is 3.50. The molecule has 0 unspecified atom stereocenters. The molecule has 1 aliphatic rings. The first-order valence-corrected chi connectivity index (χ1v) is 4.84. The van der Waals surface area contributed by atoms with Crippen molar-refractivity contribution in [3.8, 4) is 0 Å². The van der Waals surface area contributed by atoms with E-state index in [0.29, 0.717) is 6.04 Å². The van der Waals surface area contributed by atoms with Crippen molar-refractivity contribution in [3.63, 3.8) is 0 Å². The van der Waals surface area contributed by atoms with Crippen LogP contribution in [0.3, 0.4) is 0 Å². The van der Waals surface area contributed by atoms with Gasteiger partial charge >= 0.3 is 0 Å². The van der Waals surface area contributed by atoms with Gasteiger partial charge in [0.1, 0.15) is 0 Å². The minimum Gasteiger partial charge on any atom is -0.309 e. The Balaban J connectivity index is 2.31. The summed E-state index contributed by atoms with van der Waals surface area (Å²) in [5.74, 6) is 0. The highest BCUT2D eigenvalue weighted by Crippen LogP contribution is 2.24. The SMILES string of the molecule is C=CC[C@@H]1NCCc2ccccc21. The Morgan fingerprint density at radius 3 is 3.15 bits per heavy atom. The second-order valence-electron chi connectivity index (χ2n) is 3.48.